The van der Waals surface area contributed by atoms with Crippen LogP contribution in [-0.4, -0.2) is 75.4 Å². The largest absolute Gasteiger partial charge is 0.391 e. The van der Waals surface area contributed by atoms with Crippen molar-refractivity contribution in [2.24, 2.45) is 28.7 Å². The number of carbonyl (C=O) groups excluding carboxylic acids is 4. The SMILES string of the molecule is C[C@@H](O)[C@H](NC(=O)[C@H](Cc1c[nH]c2ccccc12)NC(=O)[C@@H]1C2CCCC2CN1C(=O)[C@@H](N)C(C)(C)C)C(N)=O. The van der Waals surface area contributed by atoms with E-state index in [-0.39, 0.29) is 24.2 Å². The Morgan fingerprint density at radius 3 is 2.50 bits per heavy atom. The van der Waals surface area contributed by atoms with Crippen molar-refractivity contribution in [3.05, 3.63) is 36.0 Å². The lowest BCUT2D eigenvalue weighted by Gasteiger charge is -2.34. The summed E-state index contributed by atoms with van der Waals surface area (Å²) in [5, 5.41) is 16.3. The zero-order valence-electron chi connectivity index (χ0n) is 23.6. The quantitative estimate of drug-likeness (QED) is 0.263. The number of nitrogens with zero attached hydrogens (tertiary/aromatic N) is 1. The molecule has 0 spiro atoms. The normalized spacial score (nSPS) is 23.8. The van der Waals surface area contributed by atoms with Crippen LogP contribution in [0.5, 0.6) is 0 Å². The molecule has 1 aliphatic heterocycles. The summed E-state index contributed by atoms with van der Waals surface area (Å²) in [7, 11) is 0. The molecule has 2 aliphatic rings. The summed E-state index contributed by atoms with van der Waals surface area (Å²) < 4.78 is 0. The molecule has 2 fully saturated rings. The summed E-state index contributed by atoms with van der Waals surface area (Å²) in [6.45, 7) is 7.47. The van der Waals surface area contributed by atoms with Gasteiger partial charge in [0, 0.05) is 30.1 Å². The number of carbonyl (C=O) groups is 4. The number of fused-ring (bicyclic) bond motifs is 2. The van der Waals surface area contributed by atoms with Gasteiger partial charge < -0.3 is 37.1 Å². The second-order valence-corrected chi connectivity index (χ2v) is 12.4. The molecule has 7 atom stereocenters. The van der Waals surface area contributed by atoms with Crippen molar-refractivity contribution in [3.63, 3.8) is 0 Å². The van der Waals surface area contributed by atoms with Crippen LogP contribution in [0.1, 0.15) is 52.5 Å². The molecule has 2 unspecified atom stereocenters. The average Bonchev–Trinajstić information content (AvgIpc) is 3.59. The minimum atomic E-state index is -1.33. The Balaban J connectivity index is 1.63. The predicted molar refractivity (Wildman–Crippen MR) is 151 cm³/mol. The number of nitrogens with one attached hydrogen (secondary N) is 3. The molecule has 8 N–H and O–H groups in total. The topological polar surface area (TPSA) is 184 Å². The third-order valence-corrected chi connectivity index (χ3v) is 8.46. The first-order valence-corrected chi connectivity index (χ1v) is 14.0. The van der Waals surface area contributed by atoms with E-state index in [1.807, 2.05) is 45.0 Å². The van der Waals surface area contributed by atoms with Crippen molar-refractivity contribution in [2.75, 3.05) is 6.54 Å². The van der Waals surface area contributed by atoms with Gasteiger partial charge in [-0.15, -0.1) is 0 Å². The molecule has 11 heteroatoms. The molecule has 1 aromatic carbocycles. The highest BCUT2D eigenvalue weighted by Crippen LogP contribution is 2.43. The molecule has 0 radical (unpaired) electrons. The van der Waals surface area contributed by atoms with Crippen LogP contribution < -0.4 is 22.1 Å². The molecular formula is C29H42N6O5. The summed E-state index contributed by atoms with van der Waals surface area (Å²) >= 11 is 0. The van der Waals surface area contributed by atoms with E-state index in [1.165, 1.54) is 6.92 Å². The van der Waals surface area contributed by atoms with Crippen LogP contribution in [0.3, 0.4) is 0 Å². The summed E-state index contributed by atoms with van der Waals surface area (Å²) in [5.74, 6) is -2.09. The van der Waals surface area contributed by atoms with Gasteiger partial charge in [0.1, 0.15) is 18.1 Å². The van der Waals surface area contributed by atoms with Crippen LogP contribution in [-0.2, 0) is 25.6 Å². The Hall–Kier alpha value is -3.44. The lowest BCUT2D eigenvalue weighted by molar-refractivity contribution is -0.143. The summed E-state index contributed by atoms with van der Waals surface area (Å²) in [4.78, 5) is 57.7. The molecule has 1 saturated heterocycles. The van der Waals surface area contributed by atoms with Gasteiger partial charge in [-0.05, 0) is 48.6 Å². The van der Waals surface area contributed by atoms with Crippen LogP contribution in [0.25, 0.3) is 10.9 Å². The number of rotatable bonds is 9. The van der Waals surface area contributed by atoms with Crippen molar-refractivity contribution >= 4 is 34.5 Å². The maximum Gasteiger partial charge on any atom is 0.243 e. The van der Waals surface area contributed by atoms with Crippen molar-refractivity contribution in [1.29, 1.82) is 0 Å². The molecule has 4 amide bonds. The Labute approximate surface area is 234 Å². The molecule has 0 bridgehead atoms. The van der Waals surface area contributed by atoms with Gasteiger partial charge >= 0.3 is 0 Å². The van der Waals surface area contributed by atoms with Gasteiger partial charge in [-0.2, -0.15) is 0 Å². The first-order valence-electron chi connectivity index (χ1n) is 14.0. The van der Waals surface area contributed by atoms with Crippen molar-refractivity contribution in [1.82, 2.24) is 20.5 Å². The minimum absolute atomic E-state index is 0.0243. The molecule has 2 heterocycles. The Morgan fingerprint density at radius 1 is 1.15 bits per heavy atom. The van der Waals surface area contributed by atoms with Gasteiger partial charge in [-0.25, -0.2) is 0 Å². The third-order valence-electron chi connectivity index (χ3n) is 8.46. The van der Waals surface area contributed by atoms with E-state index < -0.39 is 53.4 Å². The second-order valence-electron chi connectivity index (χ2n) is 12.4. The first-order chi connectivity index (χ1) is 18.8. The fourth-order valence-electron chi connectivity index (χ4n) is 6.09. The summed E-state index contributed by atoms with van der Waals surface area (Å²) in [5.41, 5.74) is 12.9. The Morgan fingerprint density at radius 2 is 1.85 bits per heavy atom. The molecule has 40 heavy (non-hydrogen) atoms. The van der Waals surface area contributed by atoms with Crippen LogP contribution in [0, 0.1) is 17.3 Å². The molecular weight excluding hydrogens is 512 g/mol. The van der Waals surface area contributed by atoms with Crippen LogP contribution in [0.15, 0.2) is 30.5 Å². The van der Waals surface area contributed by atoms with Crippen molar-refractivity contribution in [2.45, 2.75) is 83.6 Å². The highest BCUT2D eigenvalue weighted by atomic mass is 16.3. The van der Waals surface area contributed by atoms with Gasteiger partial charge in [0.15, 0.2) is 0 Å². The highest BCUT2D eigenvalue weighted by Gasteiger charge is 2.51. The number of hydrogen-bond donors (Lipinski definition) is 6. The van der Waals surface area contributed by atoms with E-state index in [4.69, 9.17) is 11.5 Å². The second kappa shape index (κ2) is 11.6. The standard InChI is InChI=1S/C29H42N6O5/c1-15(36)22(25(31)37)34-26(38)21(12-17-13-32-20-11-6-5-9-18(17)20)33-27(39)23-19-10-7-8-16(19)14-35(23)28(40)24(30)29(2,3)4/h5-6,9,11,13,15-16,19,21-24,32,36H,7-8,10,12,14,30H2,1-4H3,(H2,31,37)(H,33,39)(H,34,38)/t15-,16?,19?,21+,22+,23+,24-/m1/s1. The lowest BCUT2D eigenvalue weighted by Crippen LogP contribution is -2.60. The Kier molecular flexibility index (Phi) is 8.55. The molecule has 218 valence electrons. The lowest BCUT2D eigenvalue weighted by atomic mass is 9.86. The van der Waals surface area contributed by atoms with Crippen LogP contribution >= 0.6 is 0 Å². The van der Waals surface area contributed by atoms with E-state index in [1.54, 1.807) is 11.1 Å². The maximum atomic E-state index is 14.0. The zero-order chi connectivity index (χ0) is 29.4. The van der Waals surface area contributed by atoms with Crippen molar-refractivity contribution in [3.8, 4) is 0 Å². The number of H-pyrrole nitrogens is 1. The number of aromatic nitrogens is 1. The fraction of sp³-hybridized carbons (Fsp3) is 0.586. The van der Waals surface area contributed by atoms with E-state index in [0.717, 1.165) is 35.7 Å². The molecule has 11 nitrogen and oxygen atoms in total. The predicted octanol–water partition coefficient (Wildman–Crippen LogP) is 0.547. The van der Waals surface area contributed by atoms with Crippen molar-refractivity contribution < 1.29 is 24.3 Å². The number of aromatic amines is 1. The van der Waals surface area contributed by atoms with Gasteiger partial charge in [0.2, 0.25) is 23.6 Å². The Bertz CT molecular complexity index is 1270. The number of aliphatic hydroxyl groups is 1. The van der Waals surface area contributed by atoms with Gasteiger partial charge in [0.05, 0.1) is 12.1 Å². The van der Waals surface area contributed by atoms with Crippen LogP contribution in [0.4, 0.5) is 0 Å². The van der Waals surface area contributed by atoms with Crippen LogP contribution in [0.2, 0.25) is 0 Å². The molecule has 1 aliphatic carbocycles. The number of benzene rings is 1. The monoisotopic (exact) mass is 554 g/mol. The summed E-state index contributed by atoms with van der Waals surface area (Å²) in [6, 6.07) is 3.62. The number of aliphatic hydroxyl groups excluding tert-OH is 1. The highest BCUT2D eigenvalue weighted by molar-refractivity contribution is 5.96. The van der Waals surface area contributed by atoms with Gasteiger partial charge in [-0.1, -0.05) is 45.4 Å². The zero-order valence-corrected chi connectivity index (χ0v) is 23.6. The van der Waals surface area contributed by atoms with E-state index in [0.29, 0.717) is 6.54 Å². The maximum absolute atomic E-state index is 14.0. The number of primary amides is 1. The number of amides is 4. The van der Waals surface area contributed by atoms with E-state index >= 15 is 0 Å². The molecule has 1 saturated carbocycles. The average molecular weight is 555 g/mol. The number of nitrogens with two attached hydrogens (primary N) is 2. The molecule has 1 aromatic heterocycles. The summed E-state index contributed by atoms with van der Waals surface area (Å²) in [6.07, 6.45) is 3.37. The van der Waals surface area contributed by atoms with Gasteiger partial charge in [0.25, 0.3) is 0 Å². The van der Waals surface area contributed by atoms with Gasteiger partial charge in [-0.3, -0.25) is 19.2 Å². The number of para-hydroxylation sites is 1. The third kappa shape index (κ3) is 6.00. The molecule has 4 rings (SSSR count). The van der Waals surface area contributed by atoms with E-state index in [9.17, 15) is 24.3 Å². The fourth-order valence-corrected chi connectivity index (χ4v) is 6.09. The smallest absolute Gasteiger partial charge is 0.243 e. The minimum Gasteiger partial charge on any atom is -0.391 e. The number of hydrogen-bond acceptors (Lipinski definition) is 6. The first kappa shape index (κ1) is 29.5. The molecule has 2 aromatic rings. The van der Waals surface area contributed by atoms with E-state index in [2.05, 4.69) is 15.6 Å². The number of likely N-dealkylation sites (tertiary alicyclic amines) is 1.